The summed E-state index contributed by atoms with van der Waals surface area (Å²) in [6.07, 6.45) is 0.961. The Morgan fingerprint density at radius 1 is 1.04 bits per heavy atom. The van der Waals surface area contributed by atoms with Gasteiger partial charge in [-0.3, -0.25) is 4.99 Å². The molecule has 0 aliphatic heterocycles. The van der Waals surface area contributed by atoms with Crippen LogP contribution in [0.4, 0.5) is 8.78 Å². The minimum Gasteiger partial charge on any atom is -0.493 e. The van der Waals surface area contributed by atoms with Crippen molar-refractivity contribution < 1.29 is 18.3 Å². The lowest BCUT2D eigenvalue weighted by Gasteiger charge is -2.15. The minimum atomic E-state index is -2.91. The van der Waals surface area contributed by atoms with Crippen LogP contribution in [0.3, 0.4) is 0 Å². The van der Waals surface area contributed by atoms with Crippen molar-refractivity contribution in [1.82, 2.24) is 10.6 Å². The molecule has 2 N–H and O–H groups in total. The molecule has 0 saturated carbocycles. The molecule has 28 heavy (non-hydrogen) atoms. The Kier molecular flexibility index (Phi) is 10.6. The van der Waals surface area contributed by atoms with Crippen molar-refractivity contribution in [2.45, 2.75) is 33.0 Å². The summed E-state index contributed by atoms with van der Waals surface area (Å²) in [5, 5.41) is 6.43. The predicted octanol–water partition coefficient (Wildman–Crippen LogP) is 4.34. The second kappa shape index (κ2) is 12.4. The monoisotopic (exact) mass is 505 g/mol. The van der Waals surface area contributed by atoms with Gasteiger partial charge < -0.3 is 20.1 Å². The summed E-state index contributed by atoms with van der Waals surface area (Å²) in [4.78, 5) is 4.20. The van der Waals surface area contributed by atoms with Gasteiger partial charge in [0.2, 0.25) is 0 Å². The van der Waals surface area contributed by atoms with Crippen LogP contribution in [0.1, 0.15) is 23.6 Å². The normalized spacial score (nSPS) is 11.0. The number of hydrogen-bond acceptors (Lipinski definition) is 3. The maximum absolute atomic E-state index is 12.5. The third-order valence-corrected chi connectivity index (χ3v) is 4.07. The van der Waals surface area contributed by atoms with Gasteiger partial charge in [-0.05, 0) is 35.2 Å². The molecule has 0 aromatic heterocycles. The Balaban J connectivity index is 0.00000392. The number of guanidine groups is 1. The van der Waals surface area contributed by atoms with Crippen LogP contribution in [-0.2, 0) is 19.5 Å². The fraction of sp³-hybridized carbons (Fsp3) is 0.350. The number of hydrogen-bond donors (Lipinski definition) is 2. The number of benzene rings is 2. The summed E-state index contributed by atoms with van der Waals surface area (Å²) in [6, 6.07) is 13.1. The number of alkyl halides is 2. The van der Waals surface area contributed by atoms with E-state index in [4.69, 9.17) is 4.74 Å². The highest BCUT2D eigenvalue weighted by atomic mass is 127. The van der Waals surface area contributed by atoms with E-state index in [1.54, 1.807) is 19.2 Å². The standard InChI is InChI=1S/C20H25F2N3O2.HI/c1-4-15-7-5-6-8-16(15)13-25-20(23-2)24-12-14-9-10-17(26-3)18(11-14)27-19(21)22;/h5-11,19H,4,12-13H2,1-3H3,(H2,23,24,25);1H. The minimum absolute atomic E-state index is 0. The van der Waals surface area contributed by atoms with E-state index in [2.05, 4.69) is 39.4 Å². The molecule has 0 fully saturated rings. The van der Waals surface area contributed by atoms with E-state index in [1.165, 1.54) is 24.3 Å². The van der Waals surface area contributed by atoms with Crippen LogP contribution in [0.15, 0.2) is 47.5 Å². The number of methoxy groups -OCH3 is 1. The zero-order chi connectivity index (χ0) is 19.6. The average Bonchev–Trinajstić information content (AvgIpc) is 2.68. The van der Waals surface area contributed by atoms with E-state index < -0.39 is 6.61 Å². The summed E-state index contributed by atoms with van der Waals surface area (Å²) >= 11 is 0. The summed E-state index contributed by atoms with van der Waals surface area (Å²) in [6.45, 7) is 0.259. The number of aliphatic imine (C=N–C) groups is 1. The maximum atomic E-state index is 12.5. The molecule has 0 unspecified atom stereocenters. The molecule has 0 heterocycles. The summed E-state index contributed by atoms with van der Waals surface area (Å²) in [5.74, 6) is 0.886. The molecule has 0 bridgehead atoms. The molecule has 2 aromatic carbocycles. The van der Waals surface area contributed by atoms with Gasteiger partial charge in [0.15, 0.2) is 17.5 Å². The van der Waals surface area contributed by atoms with Gasteiger partial charge in [0.05, 0.1) is 7.11 Å². The topological polar surface area (TPSA) is 54.9 Å². The van der Waals surface area contributed by atoms with E-state index in [9.17, 15) is 8.78 Å². The second-order valence-electron chi connectivity index (χ2n) is 5.77. The lowest BCUT2D eigenvalue weighted by molar-refractivity contribution is -0.0512. The molecule has 0 amide bonds. The molecule has 154 valence electrons. The highest BCUT2D eigenvalue weighted by molar-refractivity contribution is 14.0. The highest BCUT2D eigenvalue weighted by Crippen LogP contribution is 2.29. The Labute approximate surface area is 181 Å². The smallest absolute Gasteiger partial charge is 0.387 e. The van der Waals surface area contributed by atoms with Crippen molar-refractivity contribution in [1.29, 1.82) is 0 Å². The fourth-order valence-electron chi connectivity index (χ4n) is 2.68. The van der Waals surface area contributed by atoms with Crippen molar-refractivity contribution >= 4 is 29.9 Å². The fourth-order valence-corrected chi connectivity index (χ4v) is 2.68. The number of halogens is 3. The van der Waals surface area contributed by atoms with Crippen LogP contribution in [-0.4, -0.2) is 26.7 Å². The van der Waals surface area contributed by atoms with Crippen molar-refractivity contribution in [2.24, 2.45) is 4.99 Å². The first-order chi connectivity index (χ1) is 13.1. The van der Waals surface area contributed by atoms with Crippen molar-refractivity contribution in [2.75, 3.05) is 14.2 Å². The Bertz CT molecular complexity index is 773. The number of ether oxygens (including phenoxy) is 2. The quantitative estimate of drug-likeness (QED) is 0.319. The molecular weight excluding hydrogens is 479 g/mol. The van der Waals surface area contributed by atoms with Crippen LogP contribution in [0, 0.1) is 0 Å². The molecule has 0 saturated heterocycles. The van der Waals surface area contributed by atoms with Crippen LogP contribution < -0.4 is 20.1 Å². The second-order valence-corrected chi connectivity index (χ2v) is 5.77. The number of nitrogens with zero attached hydrogens (tertiary/aromatic N) is 1. The van der Waals surface area contributed by atoms with Crippen molar-refractivity contribution in [3.63, 3.8) is 0 Å². The third-order valence-electron chi connectivity index (χ3n) is 4.07. The predicted molar refractivity (Wildman–Crippen MR) is 118 cm³/mol. The van der Waals surface area contributed by atoms with Gasteiger partial charge in [-0.2, -0.15) is 8.78 Å². The summed E-state index contributed by atoms with van der Waals surface area (Å²) in [5.41, 5.74) is 3.26. The zero-order valence-electron chi connectivity index (χ0n) is 16.2. The van der Waals surface area contributed by atoms with Gasteiger partial charge in [-0.1, -0.05) is 37.3 Å². The molecule has 0 aliphatic carbocycles. The first-order valence-corrected chi connectivity index (χ1v) is 8.70. The lowest BCUT2D eigenvalue weighted by atomic mass is 10.1. The Morgan fingerprint density at radius 3 is 2.32 bits per heavy atom. The average molecular weight is 505 g/mol. The first kappa shape index (κ1) is 23.9. The number of rotatable bonds is 8. The summed E-state index contributed by atoms with van der Waals surface area (Å²) in [7, 11) is 3.09. The molecule has 0 radical (unpaired) electrons. The molecule has 0 spiro atoms. The van der Waals surface area contributed by atoms with Crippen molar-refractivity contribution in [3.8, 4) is 11.5 Å². The van der Waals surface area contributed by atoms with E-state index in [-0.39, 0.29) is 35.5 Å². The maximum Gasteiger partial charge on any atom is 0.387 e. The van der Waals surface area contributed by atoms with Crippen LogP contribution in [0.5, 0.6) is 11.5 Å². The van der Waals surface area contributed by atoms with E-state index >= 15 is 0 Å². The van der Waals surface area contributed by atoms with Gasteiger partial charge >= 0.3 is 6.61 Å². The number of aryl methyl sites for hydroxylation is 1. The van der Waals surface area contributed by atoms with Crippen LogP contribution in [0.2, 0.25) is 0 Å². The van der Waals surface area contributed by atoms with Gasteiger partial charge in [-0.15, -0.1) is 24.0 Å². The highest BCUT2D eigenvalue weighted by Gasteiger charge is 2.11. The zero-order valence-corrected chi connectivity index (χ0v) is 18.5. The molecule has 0 aliphatic rings. The van der Waals surface area contributed by atoms with Gasteiger partial charge in [0.25, 0.3) is 0 Å². The van der Waals surface area contributed by atoms with Gasteiger partial charge in [0, 0.05) is 20.1 Å². The molecule has 8 heteroatoms. The van der Waals surface area contributed by atoms with Crippen molar-refractivity contribution in [3.05, 3.63) is 59.2 Å². The number of nitrogens with one attached hydrogen (secondary N) is 2. The van der Waals surface area contributed by atoms with Crippen LogP contribution in [0.25, 0.3) is 0 Å². The summed E-state index contributed by atoms with van der Waals surface area (Å²) < 4.78 is 34.6. The third kappa shape index (κ3) is 7.14. The molecule has 2 rings (SSSR count). The SMILES string of the molecule is CCc1ccccc1CNC(=NC)NCc1ccc(OC)c(OC(F)F)c1.I. The van der Waals surface area contributed by atoms with Gasteiger partial charge in [0.1, 0.15) is 0 Å². The lowest BCUT2D eigenvalue weighted by Crippen LogP contribution is -2.36. The molecule has 5 nitrogen and oxygen atoms in total. The Hall–Kier alpha value is -2.10. The van der Waals surface area contributed by atoms with E-state index in [0.29, 0.717) is 19.0 Å². The van der Waals surface area contributed by atoms with E-state index in [0.717, 1.165) is 12.0 Å². The molecule has 2 aromatic rings. The van der Waals surface area contributed by atoms with Crippen LogP contribution >= 0.6 is 24.0 Å². The Morgan fingerprint density at radius 2 is 1.71 bits per heavy atom. The molecular formula is C20H26F2IN3O2. The van der Waals surface area contributed by atoms with E-state index in [1.807, 2.05) is 12.1 Å². The largest absolute Gasteiger partial charge is 0.493 e. The van der Waals surface area contributed by atoms with Gasteiger partial charge in [-0.25, -0.2) is 0 Å². The molecule has 0 atom stereocenters. The first-order valence-electron chi connectivity index (χ1n) is 8.70.